The number of aromatic amines is 1. The first-order valence-electron chi connectivity index (χ1n) is 14.8. The van der Waals surface area contributed by atoms with E-state index in [1.807, 2.05) is 76.2 Å². The summed E-state index contributed by atoms with van der Waals surface area (Å²) in [5.41, 5.74) is 4.70. The van der Waals surface area contributed by atoms with Gasteiger partial charge in [0.15, 0.2) is 0 Å². The highest BCUT2D eigenvalue weighted by atomic mass is 35.5. The number of pyridine rings is 1. The molecule has 0 bridgehead atoms. The van der Waals surface area contributed by atoms with Gasteiger partial charge in [0.1, 0.15) is 11.4 Å². The van der Waals surface area contributed by atoms with Gasteiger partial charge in [-0.2, -0.15) is 0 Å². The van der Waals surface area contributed by atoms with Crippen molar-refractivity contribution in [3.8, 4) is 16.9 Å². The van der Waals surface area contributed by atoms with Gasteiger partial charge in [0.25, 0.3) is 0 Å². The van der Waals surface area contributed by atoms with E-state index >= 15 is 0 Å². The molecule has 8 heteroatoms. The molecule has 1 aliphatic carbocycles. The molecule has 2 N–H and O–H groups in total. The van der Waals surface area contributed by atoms with Gasteiger partial charge < -0.3 is 19.4 Å². The highest BCUT2D eigenvalue weighted by Crippen LogP contribution is 2.43. The summed E-state index contributed by atoms with van der Waals surface area (Å²) >= 11 is 8.31. The molecule has 0 amide bonds. The second-order valence-electron chi connectivity index (χ2n) is 8.84. The molecule has 0 atom stereocenters. The summed E-state index contributed by atoms with van der Waals surface area (Å²) in [5.74, 6) is 0.795. The van der Waals surface area contributed by atoms with Crippen molar-refractivity contribution in [3.63, 3.8) is 0 Å². The average molecular weight is 595 g/mol. The zero-order valence-electron chi connectivity index (χ0n) is 25.1. The number of halogens is 1. The maximum atomic E-state index is 9.19. The molecular formula is C33H43ClN4O2S. The first kappa shape index (κ1) is 32.5. The van der Waals surface area contributed by atoms with Crippen LogP contribution in [0.3, 0.4) is 0 Å². The number of rotatable bonds is 9. The summed E-state index contributed by atoms with van der Waals surface area (Å²) < 4.78 is 8.20. The maximum Gasteiger partial charge on any atom is 0.143 e. The number of aromatic nitrogens is 4. The topological polar surface area (TPSA) is 76.0 Å². The molecule has 1 fully saturated rings. The van der Waals surface area contributed by atoms with Crippen molar-refractivity contribution in [3.05, 3.63) is 71.9 Å². The molecule has 5 aromatic rings. The van der Waals surface area contributed by atoms with Crippen molar-refractivity contribution in [2.24, 2.45) is 0 Å². The Hall–Kier alpha value is -3.00. The highest BCUT2D eigenvalue weighted by molar-refractivity contribution is 8.00. The molecule has 3 heterocycles. The van der Waals surface area contributed by atoms with Gasteiger partial charge in [0, 0.05) is 39.9 Å². The number of hydrogen-bond acceptors (Lipinski definition) is 5. The first-order chi connectivity index (χ1) is 20.2. The molecule has 0 unspecified atom stereocenters. The Bertz CT molecular complexity index is 1510. The average Bonchev–Trinajstić information content (AvgIpc) is 3.58. The summed E-state index contributed by atoms with van der Waals surface area (Å²) in [6.07, 6.45) is 8.69. The van der Waals surface area contributed by atoms with Gasteiger partial charge in [-0.3, -0.25) is 0 Å². The fourth-order valence-corrected chi connectivity index (χ4v) is 5.62. The highest BCUT2D eigenvalue weighted by Gasteiger charge is 2.23. The van der Waals surface area contributed by atoms with E-state index in [1.54, 1.807) is 12.5 Å². The van der Waals surface area contributed by atoms with Crippen LogP contribution in [0.5, 0.6) is 5.75 Å². The van der Waals surface area contributed by atoms with Crippen LogP contribution in [0.15, 0.2) is 66.1 Å². The predicted octanol–water partition coefficient (Wildman–Crippen LogP) is 9.53. The summed E-state index contributed by atoms with van der Waals surface area (Å²) in [7, 11) is 0. The fraction of sp³-hybridized carbons (Fsp3) is 0.394. The summed E-state index contributed by atoms with van der Waals surface area (Å²) in [6, 6.07) is 14.9. The quantitative estimate of drug-likeness (QED) is 0.166. The lowest BCUT2D eigenvalue weighted by atomic mass is 9.99. The van der Waals surface area contributed by atoms with Gasteiger partial charge in [-0.25, -0.2) is 9.97 Å². The molecule has 0 radical (unpaired) electrons. The van der Waals surface area contributed by atoms with Crippen LogP contribution in [-0.2, 0) is 13.2 Å². The molecule has 6 nitrogen and oxygen atoms in total. The van der Waals surface area contributed by atoms with Crippen LogP contribution >= 0.6 is 23.4 Å². The van der Waals surface area contributed by atoms with Crippen molar-refractivity contribution >= 4 is 45.3 Å². The molecule has 6 rings (SSSR count). The number of nitrogens with zero attached hydrogens (tertiary/aromatic N) is 3. The number of ether oxygens (including phenoxy) is 1. The number of aryl methyl sites for hydroxylation is 1. The number of fused-ring (bicyclic) bond motifs is 3. The molecule has 1 aliphatic rings. The minimum atomic E-state index is -0.0472. The number of hydrogen-bond donors (Lipinski definition) is 2. The van der Waals surface area contributed by atoms with Crippen molar-refractivity contribution in [1.29, 1.82) is 0 Å². The Morgan fingerprint density at radius 2 is 1.83 bits per heavy atom. The van der Waals surface area contributed by atoms with E-state index in [1.165, 1.54) is 23.3 Å². The third-order valence-electron chi connectivity index (χ3n) is 6.17. The first-order valence-corrected chi connectivity index (χ1v) is 16.0. The van der Waals surface area contributed by atoms with Crippen molar-refractivity contribution in [1.82, 2.24) is 19.5 Å². The molecule has 0 aliphatic heterocycles. The Kier molecular flexibility index (Phi) is 13.0. The van der Waals surface area contributed by atoms with E-state index in [9.17, 15) is 5.11 Å². The van der Waals surface area contributed by atoms with E-state index in [0.29, 0.717) is 17.3 Å². The van der Waals surface area contributed by atoms with E-state index in [2.05, 4.69) is 45.3 Å². The van der Waals surface area contributed by atoms with Crippen molar-refractivity contribution in [2.75, 3.05) is 6.61 Å². The number of H-pyrrole nitrogens is 1. The summed E-state index contributed by atoms with van der Waals surface area (Å²) in [6.45, 7) is 13.3. The van der Waals surface area contributed by atoms with Gasteiger partial charge in [-0.05, 0) is 60.7 Å². The van der Waals surface area contributed by atoms with Gasteiger partial charge in [0.05, 0.1) is 35.8 Å². The van der Waals surface area contributed by atoms with Crippen molar-refractivity contribution < 1.29 is 9.84 Å². The molecular weight excluding hydrogens is 552 g/mol. The number of benzene rings is 2. The normalized spacial score (nSPS) is 12.1. The summed E-state index contributed by atoms with van der Waals surface area (Å²) in [5, 5.41) is 12.6. The Morgan fingerprint density at radius 1 is 1.05 bits per heavy atom. The minimum Gasteiger partial charge on any atom is -0.491 e. The maximum absolute atomic E-state index is 9.19. The second kappa shape index (κ2) is 16.4. The van der Waals surface area contributed by atoms with Gasteiger partial charge >= 0.3 is 0 Å². The molecule has 1 saturated carbocycles. The lowest BCUT2D eigenvalue weighted by Crippen LogP contribution is -2.03. The van der Waals surface area contributed by atoms with E-state index in [4.69, 9.17) is 16.3 Å². The Labute approximate surface area is 253 Å². The standard InChI is InChI=1S/C27H25ClN4O2S.3C2H6/c28-18-12-23-25-22(17-3-1-4-21(11-17)35-20-5-6-20)7-8-24(26(25)31-27(23)29-13-18)34-10-2-9-32-14-19(15-33)30-16-32;3*1-2/h1,3-4,7-8,11-14,16,20,33H,2,5-6,9-10,15H2,(H,29,31);3*1-2H3. The Morgan fingerprint density at radius 3 is 2.54 bits per heavy atom. The van der Waals surface area contributed by atoms with Crippen LogP contribution in [0.2, 0.25) is 5.02 Å². The third kappa shape index (κ3) is 8.28. The van der Waals surface area contributed by atoms with Gasteiger partial charge in [-0.15, -0.1) is 11.8 Å². The lowest BCUT2D eigenvalue weighted by molar-refractivity contribution is 0.277. The number of aliphatic hydroxyl groups is 1. The minimum absolute atomic E-state index is 0.0472. The van der Waals surface area contributed by atoms with Crippen LogP contribution in [-0.4, -0.2) is 36.5 Å². The van der Waals surface area contributed by atoms with E-state index < -0.39 is 0 Å². The largest absolute Gasteiger partial charge is 0.491 e. The predicted molar refractivity (Wildman–Crippen MR) is 175 cm³/mol. The number of imidazole rings is 1. The molecule has 3 aromatic heterocycles. The molecule has 0 saturated heterocycles. The monoisotopic (exact) mass is 594 g/mol. The van der Waals surface area contributed by atoms with E-state index in [0.717, 1.165) is 51.5 Å². The van der Waals surface area contributed by atoms with E-state index in [-0.39, 0.29) is 6.61 Å². The second-order valence-corrected chi connectivity index (χ2v) is 10.7. The Balaban J connectivity index is 0.000000725. The molecule has 0 spiro atoms. The third-order valence-corrected chi connectivity index (χ3v) is 7.71. The number of thioether (sulfide) groups is 1. The van der Waals surface area contributed by atoms with Crippen LogP contribution in [0, 0.1) is 0 Å². The SMILES string of the molecule is CC.CC.CC.OCc1cn(CCCOc2ccc(-c3cccc(SC4CC4)c3)c3c2[nH]c2ncc(Cl)cc23)cn1. The zero-order chi connectivity index (χ0) is 29.8. The fourth-order valence-electron chi connectivity index (χ4n) is 4.35. The molecule has 2 aromatic carbocycles. The smallest absolute Gasteiger partial charge is 0.143 e. The van der Waals surface area contributed by atoms with Gasteiger partial charge in [0.2, 0.25) is 0 Å². The molecule has 41 heavy (non-hydrogen) atoms. The lowest BCUT2D eigenvalue weighted by Gasteiger charge is -2.12. The van der Waals surface area contributed by atoms with Crippen molar-refractivity contribution in [2.45, 2.75) is 84.1 Å². The van der Waals surface area contributed by atoms with Gasteiger partial charge in [-0.1, -0.05) is 65.3 Å². The summed E-state index contributed by atoms with van der Waals surface area (Å²) in [4.78, 5) is 13.5. The number of aliphatic hydroxyl groups excluding tert-OH is 1. The van der Waals surface area contributed by atoms with Crippen LogP contribution < -0.4 is 4.74 Å². The molecule has 220 valence electrons. The number of nitrogens with one attached hydrogen (secondary N) is 1. The zero-order valence-corrected chi connectivity index (χ0v) is 26.6. The van der Waals surface area contributed by atoms with Crippen LogP contribution in [0.4, 0.5) is 0 Å². The van der Waals surface area contributed by atoms with Crippen LogP contribution in [0.1, 0.15) is 66.5 Å². The van der Waals surface area contributed by atoms with Crippen LogP contribution in [0.25, 0.3) is 33.1 Å².